The van der Waals surface area contributed by atoms with Crippen LogP contribution in [0.15, 0.2) is 0 Å². The molecule has 0 radical (unpaired) electrons. The zero-order valence-electron chi connectivity index (χ0n) is 10.4. The van der Waals surface area contributed by atoms with Crippen molar-refractivity contribution in [2.75, 3.05) is 33.5 Å². The van der Waals surface area contributed by atoms with Crippen LogP contribution < -0.4 is 0 Å². The van der Waals surface area contributed by atoms with Crippen LogP contribution in [0, 0.1) is 5.92 Å². The Morgan fingerprint density at radius 1 is 1.38 bits per heavy atom. The fourth-order valence-electron chi connectivity index (χ4n) is 2.55. The maximum atomic E-state index is 12.5. The number of hydrogen-bond acceptors (Lipinski definition) is 3. The van der Waals surface area contributed by atoms with Gasteiger partial charge in [0.1, 0.15) is 6.67 Å². The van der Waals surface area contributed by atoms with Gasteiger partial charge in [-0.3, -0.25) is 4.90 Å². The van der Waals surface area contributed by atoms with Gasteiger partial charge in [0.15, 0.2) is 0 Å². The molecule has 1 fully saturated rings. The molecule has 96 valence electrons. The summed E-state index contributed by atoms with van der Waals surface area (Å²) in [5.74, 6) is 0.534. The Morgan fingerprint density at radius 3 is 2.75 bits per heavy atom. The first-order chi connectivity index (χ1) is 7.69. The van der Waals surface area contributed by atoms with Crippen molar-refractivity contribution in [1.82, 2.24) is 4.90 Å². The molecule has 0 aromatic carbocycles. The second kappa shape index (κ2) is 7.20. The van der Waals surface area contributed by atoms with Crippen molar-refractivity contribution in [2.24, 2.45) is 5.92 Å². The molecular formula is C12H24FNO2. The van der Waals surface area contributed by atoms with E-state index in [-0.39, 0.29) is 12.8 Å². The normalized spacial score (nSPS) is 30.9. The minimum absolute atomic E-state index is 0.217. The Bertz CT molecular complexity index is 192. The zero-order chi connectivity index (χ0) is 12.0. The quantitative estimate of drug-likeness (QED) is 0.754. The summed E-state index contributed by atoms with van der Waals surface area (Å²) in [6.45, 7) is 3.68. The van der Waals surface area contributed by atoms with Crippen molar-refractivity contribution in [3.63, 3.8) is 0 Å². The third-order valence-electron chi connectivity index (χ3n) is 3.55. The van der Waals surface area contributed by atoms with Crippen LogP contribution in [0.1, 0.15) is 26.2 Å². The molecule has 16 heavy (non-hydrogen) atoms. The van der Waals surface area contributed by atoms with E-state index in [1.54, 1.807) is 7.11 Å². The molecule has 1 N–H and O–H groups in total. The minimum atomic E-state index is -0.330. The smallest absolute Gasteiger partial charge is 0.102 e. The average molecular weight is 233 g/mol. The Balaban J connectivity index is 2.52. The largest absolute Gasteiger partial charge is 0.393 e. The van der Waals surface area contributed by atoms with Crippen LogP contribution in [-0.4, -0.2) is 55.6 Å². The van der Waals surface area contributed by atoms with Gasteiger partial charge in [-0.2, -0.15) is 0 Å². The van der Waals surface area contributed by atoms with Gasteiger partial charge < -0.3 is 9.84 Å². The Labute approximate surface area is 97.6 Å². The van der Waals surface area contributed by atoms with Gasteiger partial charge in [0, 0.05) is 26.2 Å². The molecule has 0 aromatic heterocycles. The van der Waals surface area contributed by atoms with Crippen molar-refractivity contribution in [3.8, 4) is 0 Å². The summed E-state index contributed by atoms with van der Waals surface area (Å²) in [5.41, 5.74) is 0. The van der Waals surface area contributed by atoms with Crippen LogP contribution in [0.2, 0.25) is 0 Å². The average Bonchev–Trinajstić information content (AvgIpc) is 2.28. The van der Waals surface area contributed by atoms with Gasteiger partial charge in [0.05, 0.1) is 12.7 Å². The first-order valence-corrected chi connectivity index (χ1v) is 6.16. The van der Waals surface area contributed by atoms with Gasteiger partial charge in [-0.15, -0.1) is 0 Å². The Kier molecular flexibility index (Phi) is 6.24. The summed E-state index contributed by atoms with van der Waals surface area (Å²) >= 11 is 0. The summed E-state index contributed by atoms with van der Waals surface area (Å²) in [6, 6.07) is 0.301. The molecule has 1 aliphatic carbocycles. The maximum Gasteiger partial charge on any atom is 0.102 e. The van der Waals surface area contributed by atoms with E-state index in [1.165, 1.54) is 0 Å². The van der Waals surface area contributed by atoms with Gasteiger partial charge in [0.25, 0.3) is 0 Å². The van der Waals surface area contributed by atoms with E-state index in [9.17, 15) is 9.50 Å². The minimum Gasteiger partial charge on any atom is -0.393 e. The number of aliphatic hydroxyl groups excluding tert-OH is 1. The zero-order valence-corrected chi connectivity index (χ0v) is 10.4. The molecule has 3 unspecified atom stereocenters. The SMILES string of the molecule is COCCN(CCF)C1CC(O)CCC1C. The van der Waals surface area contributed by atoms with E-state index in [2.05, 4.69) is 11.8 Å². The summed E-state index contributed by atoms with van der Waals surface area (Å²) < 4.78 is 17.5. The molecule has 0 heterocycles. The van der Waals surface area contributed by atoms with Gasteiger partial charge >= 0.3 is 0 Å². The van der Waals surface area contributed by atoms with Crippen molar-refractivity contribution >= 4 is 0 Å². The molecule has 1 rings (SSSR count). The lowest BCUT2D eigenvalue weighted by molar-refractivity contribution is 0.0186. The monoisotopic (exact) mass is 233 g/mol. The number of halogens is 1. The van der Waals surface area contributed by atoms with E-state index in [0.717, 1.165) is 25.8 Å². The fraction of sp³-hybridized carbons (Fsp3) is 1.00. The van der Waals surface area contributed by atoms with Crippen LogP contribution >= 0.6 is 0 Å². The van der Waals surface area contributed by atoms with Crippen LogP contribution in [0.3, 0.4) is 0 Å². The van der Waals surface area contributed by atoms with Gasteiger partial charge in [-0.25, -0.2) is 4.39 Å². The van der Waals surface area contributed by atoms with Gasteiger partial charge in [-0.1, -0.05) is 6.92 Å². The van der Waals surface area contributed by atoms with Crippen molar-refractivity contribution in [1.29, 1.82) is 0 Å². The molecule has 0 aliphatic heterocycles. The van der Waals surface area contributed by atoms with E-state index in [1.807, 2.05) is 0 Å². The lowest BCUT2D eigenvalue weighted by Gasteiger charge is -2.39. The van der Waals surface area contributed by atoms with E-state index in [0.29, 0.717) is 25.1 Å². The van der Waals surface area contributed by atoms with E-state index in [4.69, 9.17) is 4.74 Å². The van der Waals surface area contributed by atoms with Crippen LogP contribution in [0.4, 0.5) is 4.39 Å². The second-order valence-corrected chi connectivity index (χ2v) is 4.73. The van der Waals surface area contributed by atoms with Crippen LogP contribution in [-0.2, 0) is 4.74 Å². The van der Waals surface area contributed by atoms with Crippen LogP contribution in [0.25, 0.3) is 0 Å². The predicted molar refractivity (Wildman–Crippen MR) is 62.2 cm³/mol. The lowest BCUT2D eigenvalue weighted by Crippen LogP contribution is -2.47. The number of hydrogen-bond donors (Lipinski definition) is 1. The highest BCUT2D eigenvalue weighted by Gasteiger charge is 2.30. The third kappa shape index (κ3) is 4.00. The predicted octanol–water partition coefficient (Wildman–Crippen LogP) is 1.45. The van der Waals surface area contributed by atoms with Crippen molar-refractivity contribution < 1.29 is 14.2 Å². The van der Waals surface area contributed by atoms with Crippen molar-refractivity contribution in [3.05, 3.63) is 0 Å². The van der Waals surface area contributed by atoms with Crippen LogP contribution in [0.5, 0.6) is 0 Å². The molecular weight excluding hydrogens is 209 g/mol. The number of nitrogens with zero attached hydrogens (tertiary/aromatic N) is 1. The molecule has 0 aromatic rings. The summed E-state index contributed by atoms with van der Waals surface area (Å²) in [6.07, 6.45) is 2.46. The molecule has 0 amide bonds. The second-order valence-electron chi connectivity index (χ2n) is 4.73. The van der Waals surface area contributed by atoms with Crippen molar-refractivity contribution in [2.45, 2.75) is 38.3 Å². The van der Waals surface area contributed by atoms with Gasteiger partial charge in [0.2, 0.25) is 0 Å². The first-order valence-electron chi connectivity index (χ1n) is 6.16. The molecule has 4 heteroatoms. The highest BCUT2D eigenvalue weighted by molar-refractivity contribution is 4.84. The van der Waals surface area contributed by atoms with E-state index < -0.39 is 0 Å². The highest BCUT2D eigenvalue weighted by atomic mass is 19.1. The molecule has 1 aliphatic rings. The number of rotatable bonds is 6. The summed E-state index contributed by atoms with van der Waals surface area (Å²) in [4.78, 5) is 2.12. The summed E-state index contributed by atoms with van der Waals surface area (Å²) in [5, 5.41) is 9.69. The maximum absolute atomic E-state index is 12.5. The summed E-state index contributed by atoms with van der Waals surface area (Å²) in [7, 11) is 1.66. The Morgan fingerprint density at radius 2 is 2.12 bits per heavy atom. The standard InChI is InChI=1S/C12H24FNO2/c1-10-3-4-11(15)9-12(10)14(6-5-13)7-8-16-2/h10-12,15H,3-9H2,1-2H3. The third-order valence-corrected chi connectivity index (χ3v) is 3.55. The highest BCUT2D eigenvalue weighted by Crippen LogP contribution is 2.28. The fourth-order valence-corrected chi connectivity index (χ4v) is 2.55. The topological polar surface area (TPSA) is 32.7 Å². The number of methoxy groups -OCH3 is 1. The number of ether oxygens (including phenoxy) is 1. The number of aliphatic hydroxyl groups is 1. The molecule has 0 saturated heterocycles. The Hall–Kier alpha value is -0.190. The molecule has 0 bridgehead atoms. The van der Waals surface area contributed by atoms with E-state index >= 15 is 0 Å². The lowest BCUT2D eigenvalue weighted by atomic mass is 9.83. The molecule has 1 saturated carbocycles. The molecule has 3 nitrogen and oxygen atoms in total. The number of alkyl halides is 1. The van der Waals surface area contributed by atoms with Gasteiger partial charge in [-0.05, 0) is 25.2 Å². The molecule has 0 spiro atoms. The molecule has 3 atom stereocenters. The first kappa shape index (κ1) is 13.9.